The van der Waals surface area contributed by atoms with Crippen LogP contribution in [-0.2, 0) is 6.42 Å². The molecule has 0 saturated heterocycles. The molecule has 1 heterocycles. The zero-order valence-electron chi connectivity index (χ0n) is 14.4. The van der Waals surface area contributed by atoms with Gasteiger partial charge in [-0.2, -0.15) is 0 Å². The van der Waals surface area contributed by atoms with Crippen LogP contribution in [0.5, 0.6) is 11.5 Å². The number of benzene rings is 1. The van der Waals surface area contributed by atoms with Crippen molar-refractivity contribution in [3.63, 3.8) is 0 Å². The molecule has 1 aromatic carbocycles. The fourth-order valence-electron chi connectivity index (χ4n) is 4.16. The van der Waals surface area contributed by atoms with E-state index < -0.39 is 0 Å². The first-order valence-electron chi connectivity index (χ1n) is 8.75. The highest BCUT2D eigenvalue weighted by Crippen LogP contribution is 2.53. The van der Waals surface area contributed by atoms with Crippen LogP contribution in [0.1, 0.15) is 63.5 Å². The number of unbranched alkanes of at least 4 members (excludes halogenated alkanes) is 1. The van der Waals surface area contributed by atoms with Gasteiger partial charge in [-0.25, -0.2) is 0 Å². The third-order valence-electron chi connectivity index (χ3n) is 5.40. The molecule has 0 bridgehead atoms. The predicted octanol–water partition coefficient (Wildman–Crippen LogP) is 4.32. The van der Waals surface area contributed by atoms with Gasteiger partial charge in [0, 0.05) is 24.0 Å². The van der Waals surface area contributed by atoms with Gasteiger partial charge >= 0.3 is 0 Å². The number of phenolic OH excluding ortho intramolecular Hbond substituents is 1. The molecule has 2 N–H and O–H groups in total. The van der Waals surface area contributed by atoms with E-state index in [0.29, 0.717) is 11.7 Å². The fraction of sp³-hybridized carbons (Fsp3) is 0.600. The van der Waals surface area contributed by atoms with Gasteiger partial charge in [-0.15, -0.1) is 0 Å². The Balaban J connectivity index is 1.99. The van der Waals surface area contributed by atoms with E-state index in [1.54, 1.807) is 0 Å². The maximum absolute atomic E-state index is 10.6. The summed E-state index contributed by atoms with van der Waals surface area (Å²) in [7, 11) is 0. The lowest BCUT2D eigenvalue weighted by Gasteiger charge is -2.46. The summed E-state index contributed by atoms with van der Waals surface area (Å²) in [5.74, 6) is 1.85. The first-order chi connectivity index (χ1) is 10.9. The summed E-state index contributed by atoms with van der Waals surface area (Å²) < 4.78 is 6.31. The Morgan fingerprint density at radius 2 is 2.04 bits per heavy atom. The third kappa shape index (κ3) is 3.12. The van der Waals surface area contributed by atoms with Crippen LogP contribution >= 0.6 is 0 Å². The van der Waals surface area contributed by atoms with E-state index in [4.69, 9.17) is 9.84 Å². The summed E-state index contributed by atoms with van der Waals surface area (Å²) >= 11 is 0. The van der Waals surface area contributed by atoms with Crippen LogP contribution in [0.2, 0.25) is 0 Å². The lowest BCUT2D eigenvalue weighted by Crippen LogP contribution is -2.45. The molecule has 23 heavy (non-hydrogen) atoms. The molecule has 3 rings (SSSR count). The highest BCUT2D eigenvalue weighted by atomic mass is 16.5. The Kier molecular flexibility index (Phi) is 4.41. The van der Waals surface area contributed by atoms with Crippen LogP contribution in [0, 0.1) is 5.92 Å². The minimum absolute atomic E-state index is 0.217. The van der Waals surface area contributed by atoms with Crippen LogP contribution in [0.15, 0.2) is 23.8 Å². The number of hydrogen-bond acceptors (Lipinski definition) is 3. The van der Waals surface area contributed by atoms with Crippen molar-refractivity contribution < 1.29 is 14.9 Å². The summed E-state index contributed by atoms with van der Waals surface area (Å²) in [4.78, 5) is 0. The van der Waals surface area contributed by atoms with E-state index in [0.717, 1.165) is 49.0 Å². The number of hydrogen-bond donors (Lipinski definition) is 2. The molecule has 1 aliphatic carbocycles. The SMILES string of the molecule is CC1=C[C@H]2c3c(O)cc(CCCCO)cc3OC(C)(C)[C@@H]2CC1. The summed E-state index contributed by atoms with van der Waals surface area (Å²) in [6.07, 6.45) is 7.11. The molecule has 126 valence electrons. The van der Waals surface area contributed by atoms with Gasteiger partial charge in [-0.1, -0.05) is 11.6 Å². The number of ether oxygens (including phenoxy) is 1. The van der Waals surface area contributed by atoms with Crippen LogP contribution < -0.4 is 4.74 Å². The number of phenols is 1. The topological polar surface area (TPSA) is 49.7 Å². The first kappa shape index (κ1) is 16.4. The zero-order valence-corrected chi connectivity index (χ0v) is 14.4. The van der Waals surface area contributed by atoms with E-state index in [1.807, 2.05) is 6.07 Å². The zero-order chi connectivity index (χ0) is 16.6. The van der Waals surface area contributed by atoms with Crippen molar-refractivity contribution in [2.75, 3.05) is 6.61 Å². The minimum Gasteiger partial charge on any atom is -0.507 e. The van der Waals surface area contributed by atoms with Crippen LogP contribution in [0.4, 0.5) is 0 Å². The van der Waals surface area contributed by atoms with Crippen molar-refractivity contribution in [2.24, 2.45) is 5.92 Å². The van der Waals surface area contributed by atoms with E-state index in [1.165, 1.54) is 5.57 Å². The molecule has 2 aliphatic rings. The van der Waals surface area contributed by atoms with Crippen molar-refractivity contribution in [3.8, 4) is 11.5 Å². The highest BCUT2D eigenvalue weighted by Gasteiger charge is 2.45. The van der Waals surface area contributed by atoms with E-state index >= 15 is 0 Å². The standard InChI is InChI=1S/C20H28O3/c1-13-7-8-16-15(10-13)19-17(22)11-14(6-4-5-9-21)12-18(19)23-20(16,2)3/h10-12,15-16,21-22H,4-9H2,1-3H3/t15-,16-/m1/s1. The summed E-state index contributed by atoms with van der Waals surface area (Å²) in [5.41, 5.74) is 3.23. The van der Waals surface area contributed by atoms with Gasteiger partial charge in [-0.3, -0.25) is 0 Å². The van der Waals surface area contributed by atoms with Crippen molar-refractivity contribution in [1.82, 2.24) is 0 Å². The predicted molar refractivity (Wildman–Crippen MR) is 92.1 cm³/mol. The van der Waals surface area contributed by atoms with Crippen LogP contribution in [-0.4, -0.2) is 22.4 Å². The molecule has 3 nitrogen and oxygen atoms in total. The van der Waals surface area contributed by atoms with Crippen LogP contribution in [0.25, 0.3) is 0 Å². The lowest BCUT2D eigenvalue weighted by molar-refractivity contribution is 0.0107. The molecule has 0 aromatic heterocycles. The molecular weight excluding hydrogens is 288 g/mol. The monoisotopic (exact) mass is 316 g/mol. The quantitative estimate of drug-likeness (QED) is 0.642. The molecule has 1 aromatic rings. The van der Waals surface area contributed by atoms with Crippen molar-refractivity contribution >= 4 is 0 Å². The third-order valence-corrected chi connectivity index (χ3v) is 5.40. The van der Waals surface area contributed by atoms with Gasteiger partial charge in [0.25, 0.3) is 0 Å². The van der Waals surface area contributed by atoms with Crippen molar-refractivity contribution in [3.05, 3.63) is 34.9 Å². The number of aryl methyl sites for hydroxylation is 1. The lowest BCUT2D eigenvalue weighted by atomic mass is 9.68. The van der Waals surface area contributed by atoms with Crippen molar-refractivity contribution in [1.29, 1.82) is 0 Å². The van der Waals surface area contributed by atoms with Crippen molar-refractivity contribution in [2.45, 2.75) is 64.4 Å². The molecule has 0 saturated carbocycles. The average Bonchev–Trinajstić information content (AvgIpc) is 2.46. The smallest absolute Gasteiger partial charge is 0.127 e. The number of fused-ring (bicyclic) bond motifs is 3. The van der Waals surface area contributed by atoms with Gasteiger partial charge in [-0.05, 0) is 70.6 Å². The molecule has 0 amide bonds. The fourth-order valence-corrected chi connectivity index (χ4v) is 4.16. The summed E-state index contributed by atoms with van der Waals surface area (Å²) in [6, 6.07) is 3.97. The molecule has 1 aliphatic heterocycles. The second-order valence-electron chi connectivity index (χ2n) is 7.60. The Morgan fingerprint density at radius 3 is 2.78 bits per heavy atom. The van der Waals surface area contributed by atoms with Gasteiger partial charge in [0.15, 0.2) is 0 Å². The first-order valence-corrected chi connectivity index (χ1v) is 8.75. The number of aromatic hydroxyl groups is 1. The number of aliphatic hydroxyl groups excluding tert-OH is 1. The number of allylic oxidation sites excluding steroid dienone is 2. The van der Waals surface area contributed by atoms with Gasteiger partial charge in [0.05, 0.1) is 0 Å². The molecular formula is C20H28O3. The van der Waals surface area contributed by atoms with E-state index in [2.05, 4.69) is 32.9 Å². The van der Waals surface area contributed by atoms with Gasteiger partial charge in [0.1, 0.15) is 17.1 Å². The molecule has 0 fully saturated rings. The molecule has 0 unspecified atom stereocenters. The van der Waals surface area contributed by atoms with Crippen LogP contribution in [0.3, 0.4) is 0 Å². The molecule has 3 heteroatoms. The normalized spacial score (nSPS) is 25.1. The Bertz CT molecular complexity index is 616. The highest BCUT2D eigenvalue weighted by molar-refractivity contribution is 5.53. The second-order valence-corrected chi connectivity index (χ2v) is 7.60. The number of aliphatic hydroxyl groups is 1. The Hall–Kier alpha value is -1.48. The van der Waals surface area contributed by atoms with Gasteiger partial charge in [0.2, 0.25) is 0 Å². The number of rotatable bonds is 4. The van der Waals surface area contributed by atoms with Gasteiger partial charge < -0.3 is 14.9 Å². The minimum atomic E-state index is -0.217. The van der Waals surface area contributed by atoms with E-state index in [9.17, 15) is 5.11 Å². The molecule has 0 spiro atoms. The average molecular weight is 316 g/mol. The summed E-state index contributed by atoms with van der Waals surface area (Å²) in [5, 5.41) is 19.6. The van der Waals surface area contributed by atoms with E-state index in [-0.39, 0.29) is 18.1 Å². The largest absolute Gasteiger partial charge is 0.507 e. The Morgan fingerprint density at radius 1 is 1.26 bits per heavy atom. The second kappa shape index (κ2) is 6.20. The molecule has 2 atom stereocenters. The molecule has 0 radical (unpaired) electrons. The summed E-state index contributed by atoms with van der Waals surface area (Å²) in [6.45, 7) is 6.72. The Labute approximate surface area is 139 Å². The maximum Gasteiger partial charge on any atom is 0.127 e. The maximum atomic E-state index is 10.6.